The maximum absolute atomic E-state index is 10.2. The van der Waals surface area contributed by atoms with Crippen molar-refractivity contribution in [3.8, 4) is 5.75 Å². The molecule has 5 heteroatoms. The first-order valence-corrected chi connectivity index (χ1v) is 5.22. The molecular weight excluding hydrogens is 204 g/mol. The lowest BCUT2D eigenvalue weighted by atomic mass is 10.1. The Morgan fingerprint density at radius 2 is 2.14 bits per heavy atom. The second-order valence-corrected chi connectivity index (χ2v) is 3.67. The van der Waals surface area contributed by atoms with Crippen LogP contribution in [0.15, 0.2) is 24.3 Å². The average Bonchev–Trinajstić information content (AvgIpc) is 2.91. The summed E-state index contributed by atoms with van der Waals surface area (Å²) in [5.74, 6) is 0.332. The summed E-state index contributed by atoms with van der Waals surface area (Å²) in [5, 5.41) is 0. The lowest BCUT2D eigenvalue weighted by molar-refractivity contribution is 0.407. The molecule has 0 aromatic heterocycles. The molecule has 1 aromatic rings. The second kappa shape index (κ2) is 4.08. The molecule has 1 aliphatic rings. The van der Waals surface area contributed by atoms with Crippen molar-refractivity contribution < 1.29 is 17.7 Å². The molecule has 0 saturated carbocycles. The largest absolute Gasteiger partial charge is 0.740 e. The van der Waals surface area contributed by atoms with Crippen LogP contribution in [0.1, 0.15) is 5.56 Å². The molecule has 2 unspecified atom stereocenters. The van der Waals surface area contributed by atoms with E-state index in [1.807, 2.05) is 12.1 Å². The first kappa shape index (κ1) is 9.64. The Morgan fingerprint density at radius 3 is 2.64 bits per heavy atom. The highest BCUT2D eigenvalue weighted by Gasteiger charge is 2.22. The van der Waals surface area contributed by atoms with E-state index in [4.69, 9.17) is 4.74 Å². The van der Waals surface area contributed by atoms with Gasteiger partial charge in [-0.3, -0.25) is 0 Å². The quantitative estimate of drug-likeness (QED) is 0.548. The molecule has 0 amide bonds. The average molecular weight is 213 g/mol. The van der Waals surface area contributed by atoms with E-state index in [1.54, 1.807) is 12.1 Å². The molecule has 0 aliphatic carbocycles. The minimum absolute atomic E-state index is 0.332. The van der Waals surface area contributed by atoms with Gasteiger partial charge in [0.1, 0.15) is 17.1 Å². The van der Waals surface area contributed by atoms with Gasteiger partial charge in [-0.05, 0) is 17.7 Å². The number of ether oxygens (including phenoxy) is 1. The highest BCUT2D eigenvalue weighted by molar-refractivity contribution is 7.74. The van der Waals surface area contributed by atoms with Crippen molar-refractivity contribution in [3.05, 3.63) is 29.8 Å². The van der Waals surface area contributed by atoms with Gasteiger partial charge in [-0.25, -0.2) is 4.21 Å². The van der Waals surface area contributed by atoms with Gasteiger partial charge in [0.05, 0.1) is 12.7 Å². The molecule has 1 fully saturated rings. The molecule has 4 nitrogen and oxygen atoms in total. The molecule has 76 valence electrons. The van der Waals surface area contributed by atoms with Crippen molar-refractivity contribution >= 4 is 11.4 Å². The topological polar surface area (TPSA) is 61.9 Å². The van der Waals surface area contributed by atoms with Gasteiger partial charge in [-0.1, -0.05) is 12.1 Å². The molecule has 0 bridgehead atoms. The molecule has 0 radical (unpaired) electrons. The predicted molar refractivity (Wildman–Crippen MR) is 49.4 cm³/mol. The molecule has 2 rings (SSSR count). The number of hydrogen-bond acceptors (Lipinski definition) is 4. The minimum atomic E-state index is -2.50. The van der Waals surface area contributed by atoms with Gasteiger partial charge in [0.15, 0.2) is 0 Å². The van der Waals surface area contributed by atoms with Crippen LogP contribution in [-0.4, -0.2) is 21.5 Å². The fourth-order valence-electron chi connectivity index (χ4n) is 1.21. The Bertz CT molecular complexity index is 331. The predicted octanol–water partition coefficient (Wildman–Crippen LogP) is 0.801. The Balaban J connectivity index is 1.97. The van der Waals surface area contributed by atoms with Gasteiger partial charge in [0.25, 0.3) is 0 Å². The van der Waals surface area contributed by atoms with E-state index < -0.39 is 11.4 Å². The number of rotatable bonds is 4. The summed E-state index contributed by atoms with van der Waals surface area (Å²) in [6, 6.07) is 6.94. The fourth-order valence-corrected chi connectivity index (χ4v) is 1.48. The molecule has 0 spiro atoms. The highest BCUT2D eigenvalue weighted by atomic mass is 32.2. The number of hydrogen-bond donors (Lipinski definition) is 0. The van der Waals surface area contributed by atoms with Gasteiger partial charge >= 0.3 is 0 Å². The van der Waals surface area contributed by atoms with E-state index >= 15 is 0 Å². The summed E-state index contributed by atoms with van der Waals surface area (Å²) < 4.78 is 30.0. The lowest BCUT2D eigenvalue weighted by Gasteiger charge is -2.07. The molecule has 14 heavy (non-hydrogen) atoms. The summed E-state index contributed by atoms with van der Waals surface area (Å²) in [6.45, 7) is 0.822. The third-order valence-corrected chi connectivity index (χ3v) is 2.28. The summed E-state index contributed by atoms with van der Waals surface area (Å²) >= 11 is -2.50. The Hall–Kier alpha value is -0.910. The Morgan fingerprint density at radius 1 is 1.50 bits per heavy atom. The van der Waals surface area contributed by atoms with E-state index in [0.29, 0.717) is 11.9 Å². The fraction of sp³-hybridized carbons (Fsp3) is 0.333. The van der Waals surface area contributed by atoms with Crippen LogP contribution in [0.25, 0.3) is 0 Å². The van der Waals surface area contributed by atoms with Crippen molar-refractivity contribution in [2.75, 3.05) is 6.61 Å². The van der Waals surface area contributed by atoms with Gasteiger partial charge in [0.2, 0.25) is 0 Å². The number of epoxide rings is 1. The van der Waals surface area contributed by atoms with Crippen molar-refractivity contribution in [1.29, 1.82) is 0 Å². The van der Waals surface area contributed by atoms with Crippen LogP contribution in [-0.2, 0) is 22.5 Å². The maximum Gasteiger partial charge on any atom is 0.139 e. The minimum Gasteiger partial charge on any atom is -0.740 e. The van der Waals surface area contributed by atoms with Crippen LogP contribution in [0.3, 0.4) is 0 Å². The molecule has 1 aliphatic heterocycles. The second-order valence-electron chi connectivity index (χ2n) is 3.09. The molecular formula is C9H9O4S-. The van der Waals surface area contributed by atoms with Gasteiger partial charge < -0.3 is 13.5 Å². The van der Waals surface area contributed by atoms with E-state index in [-0.39, 0.29) is 0 Å². The van der Waals surface area contributed by atoms with Gasteiger partial charge in [0, 0.05) is 6.42 Å². The maximum atomic E-state index is 10.2. The van der Waals surface area contributed by atoms with E-state index in [2.05, 4.69) is 4.18 Å². The lowest BCUT2D eigenvalue weighted by Crippen LogP contribution is -1.98. The van der Waals surface area contributed by atoms with Gasteiger partial charge in [-0.2, -0.15) is 0 Å². The van der Waals surface area contributed by atoms with Crippen LogP contribution in [0.2, 0.25) is 0 Å². The third kappa shape index (κ3) is 2.80. The molecule has 0 N–H and O–H groups in total. The zero-order valence-corrected chi connectivity index (χ0v) is 8.16. The zero-order valence-electron chi connectivity index (χ0n) is 7.34. The van der Waals surface area contributed by atoms with Crippen LogP contribution in [0, 0.1) is 0 Å². The van der Waals surface area contributed by atoms with Crippen LogP contribution < -0.4 is 4.18 Å². The molecule has 1 aromatic carbocycles. The zero-order chi connectivity index (χ0) is 9.97. The van der Waals surface area contributed by atoms with Crippen LogP contribution >= 0.6 is 0 Å². The summed E-state index contributed by atoms with van der Waals surface area (Å²) in [5.41, 5.74) is 1.12. The first-order chi connectivity index (χ1) is 6.74. The molecule has 2 atom stereocenters. The summed E-state index contributed by atoms with van der Waals surface area (Å²) in [4.78, 5) is 0. The van der Waals surface area contributed by atoms with Crippen LogP contribution in [0.5, 0.6) is 5.75 Å². The third-order valence-electron chi connectivity index (χ3n) is 1.95. The number of benzene rings is 1. The normalized spacial score (nSPS) is 21.6. The highest BCUT2D eigenvalue weighted by Crippen LogP contribution is 2.18. The van der Waals surface area contributed by atoms with E-state index in [9.17, 15) is 8.76 Å². The van der Waals surface area contributed by atoms with Gasteiger partial charge in [-0.15, -0.1) is 0 Å². The monoisotopic (exact) mass is 213 g/mol. The van der Waals surface area contributed by atoms with E-state index in [0.717, 1.165) is 18.6 Å². The first-order valence-electron chi connectivity index (χ1n) is 4.22. The molecule has 1 saturated heterocycles. The van der Waals surface area contributed by atoms with Crippen LogP contribution in [0.4, 0.5) is 0 Å². The summed E-state index contributed by atoms with van der Waals surface area (Å²) in [7, 11) is 0. The Kier molecular flexibility index (Phi) is 2.81. The van der Waals surface area contributed by atoms with Crippen molar-refractivity contribution in [2.24, 2.45) is 0 Å². The van der Waals surface area contributed by atoms with Crippen molar-refractivity contribution in [1.82, 2.24) is 0 Å². The smallest absolute Gasteiger partial charge is 0.139 e. The molecule has 1 heterocycles. The van der Waals surface area contributed by atoms with Crippen molar-refractivity contribution in [2.45, 2.75) is 12.5 Å². The van der Waals surface area contributed by atoms with E-state index in [1.165, 1.54) is 0 Å². The standard InChI is InChI=1S/C9H10O4S/c10-14(11)13-8-3-1-7(2-4-8)5-9-6-12-9/h1-4,9H,5-6H2,(H,10,11)/p-1. The Labute approximate surface area is 84.3 Å². The SMILES string of the molecule is O=S([O-])Oc1ccc(CC2CO2)cc1. The van der Waals surface area contributed by atoms with Crippen molar-refractivity contribution in [3.63, 3.8) is 0 Å². The summed E-state index contributed by atoms with van der Waals surface area (Å²) in [6.07, 6.45) is 1.22.